The molecular formula is C11H15ClN2O3. The van der Waals surface area contributed by atoms with Crippen LogP contribution >= 0.6 is 11.6 Å². The van der Waals surface area contributed by atoms with Crippen LogP contribution in [0.2, 0.25) is 5.02 Å². The highest BCUT2D eigenvalue weighted by molar-refractivity contribution is 6.32. The number of nitrogens with zero attached hydrogens (tertiary/aromatic N) is 1. The van der Waals surface area contributed by atoms with Gasteiger partial charge in [0.05, 0.1) is 4.92 Å². The zero-order valence-corrected chi connectivity index (χ0v) is 10.4. The number of para-hydroxylation sites is 1. The largest absolute Gasteiger partial charge is 0.485 e. The van der Waals surface area contributed by atoms with Crippen molar-refractivity contribution in [2.45, 2.75) is 13.3 Å². The summed E-state index contributed by atoms with van der Waals surface area (Å²) in [7, 11) is 0. The van der Waals surface area contributed by atoms with E-state index in [1.807, 2.05) is 0 Å². The van der Waals surface area contributed by atoms with Gasteiger partial charge in [0.2, 0.25) is 0 Å². The predicted molar refractivity (Wildman–Crippen MR) is 66.8 cm³/mol. The van der Waals surface area contributed by atoms with Crippen LogP contribution in [-0.4, -0.2) is 24.6 Å². The summed E-state index contributed by atoms with van der Waals surface area (Å²) in [5.41, 5.74) is -0.176. The molecular weight excluding hydrogens is 244 g/mol. The fraction of sp³-hybridized carbons (Fsp3) is 0.455. The van der Waals surface area contributed by atoms with Crippen molar-refractivity contribution in [3.8, 4) is 5.75 Å². The fourth-order valence-corrected chi connectivity index (χ4v) is 1.56. The SMILES string of the molecule is CCCNCCOc1cccc(Cl)c1[N+](=O)[O-]. The Labute approximate surface area is 105 Å². The van der Waals surface area contributed by atoms with Crippen molar-refractivity contribution in [2.24, 2.45) is 0 Å². The van der Waals surface area contributed by atoms with E-state index in [2.05, 4.69) is 12.2 Å². The number of nitrogens with one attached hydrogen (secondary N) is 1. The lowest BCUT2D eigenvalue weighted by atomic mass is 10.3. The Morgan fingerprint density at radius 3 is 2.88 bits per heavy atom. The van der Waals surface area contributed by atoms with Crippen molar-refractivity contribution in [1.29, 1.82) is 0 Å². The highest BCUT2D eigenvalue weighted by Gasteiger charge is 2.19. The Hall–Kier alpha value is -1.33. The van der Waals surface area contributed by atoms with Crippen LogP contribution in [0.3, 0.4) is 0 Å². The molecule has 17 heavy (non-hydrogen) atoms. The average Bonchev–Trinajstić information content (AvgIpc) is 2.28. The number of nitro benzene ring substituents is 1. The third-order valence-electron chi connectivity index (χ3n) is 2.10. The number of benzene rings is 1. The maximum Gasteiger partial charge on any atom is 0.329 e. The summed E-state index contributed by atoms with van der Waals surface area (Å²) < 4.78 is 5.34. The van der Waals surface area contributed by atoms with Crippen LogP contribution in [0.15, 0.2) is 18.2 Å². The van der Waals surface area contributed by atoms with Crippen molar-refractivity contribution in [3.63, 3.8) is 0 Å². The van der Waals surface area contributed by atoms with E-state index in [1.165, 1.54) is 6.07 Å². The van der Waals surface area contributed by atoms with E-state index in [9.17, 15) is 10.1 Å². The average molecular weight is 259 g/mol. The summed E-state index contributed by atoms with van der Waals surface area (Å²) >= 11 is 5.75. The molecule has 1 rings (SSSR count). The molecule has 1 aromatic carbocycles. The van der Waals surface area contributed by atoms with Crippen molar-refractivity contribution in [1.82, 2.24) is 5.32 Å². The normalized spacial score (nSPS) is 10.2. The Balaban J connectivity index is 2.58. The molecule has 0 aromatic heterocycles. The zero-order chi connectivity index (χ0) is 12.7. The Morgan fingerprint density at radius 2 is 2.24 bits per heavy atom. The van der Waals surface area contributed by atoms with Gasteiger partial charge in [-0.2, -0.15) is 0 Å². The quantitative estimate of drug-likeness (QED) is 0.464. The molecule has 0 bridgehead atoms. The first-order valence-corrected chi connectivity index (χ1v) is 5.81. The second-order valence-electron chi connectivity index (χ2n) is 3.44. The number of halogens is 1. The van der Waals surface area contributed by atoms with Crippen molar-refractivity contribution in [2.75, 3.05) is 19.7 Å². The van der Waals surface area contributed by atoms with Gasteiger partial charge in [0.1, 0.15) is 11.6 Å². The number of hydrogen-bond donors (Lipinski definition) is 1. The van der Waals surface area contributed by atoms with E-state index in [0.29, 0.717) is 13.2 Å². The molecule has 0 heterocycles. The minimum atomic E-state index is -0.531. The molecule has 6 heteroatoms. The fourth-order valence-electron chi connectivity index (χ4n) is 1.32. The third kappa shape index (κ3) is 4.20. The first-order chi connectivity index (χ1) is 8.16. The van der Waals surface area contributed by atoms with Crippen molar-refractivity contribution >= 4 is 17.3 Å². The van der Waals surface area contributed by atoms with E-state index in [4.69, 9.17) is 16.3 Å². The van der Waals surface area contributed by atoms with E-state index in [1.54, 1.807) is 12.1 Å². The number of rotatable bonds is 7. The van der Waals surface area contributed by atoms with E-state index in [-0.39, 0.29) is 16.5 Å². The van der Waals surface area contributed by atoms with E-state index < -0.39 is 4.92 Å². The van der Waals surface area contributed by atoms with Gasteiger partial charge in [-0.1, -0.05) is 24.6 Å². The van der Waals surface area contributed by atoms with Gasteiger partial charge in [-0.15, -0.1) is 0 Å². The molecule has 0 aliphatic carbocycles. The van der Waals surface area contributed by atoms with Gasteiger partial charge >= 0.3 is 5.69 Å². The molecule has 0 radical (unpaired) electrons. The van der Waals surface area contributed by atoms with Crippen LogP contribution in [0.25, 0.3) is 0 Å². The van der Waals surface area contributed by atoms with E-state index in [0.717, 1.165) is 13.0 Å². The standard InChI is InChI=1S/C11H15ClN2O3/c1-2-6-13-7-8-17-10-5-3-4-9(12)11(10)14(15)16/h3-5,13H,2,6-8H2,1H3. The third-order valence-corrected chi connectivity index (χ3v) is 2.40. The van der Waals surface area contributed by atoms with Gasteiger partial charge in [-0.25, -0.2) is 0 Å². The van der Waals surface area contributed by atoms with Crippen LogP contribution in [0.4, 0.5) is 5.69 Å². The van der Waals surface area contributed by atoms with Crippen LogP contribution in [0.1, 0.15) is 13.3 Å². The molecule has 0 saturated heterocycles. The molecule has 0 aliphatic heterocycles. The molecule has 0 aliphatic rings. The lowest BCUT2D eigenvalue weighted by molar-refractivity contribution is -0.385. The molecule has 0 atom stereocenters. The molecule has 94 valence electrons. The van der Waals surface area contributed by atoms with E-state index >= 15 is 0 Å². The smallest absolute Gasteiger partial charge is 0.329 e. The Bertz CT molecular complexity index is 385. The summed E-state index contributed by atoms with van der Waals surface area (Å²) in [5, 5.41) is 14.0. The van der Waals surface area contributed by atoms with Gasteiger partial charge in [0.25, 0.3) is 0 Å². The summed E-state index contributed by atoms with van der Waals surface area (Å²) in [6.45, 7) is 4.00. The molecule has 0 unspecified atom stereocenters. The maximum atomic E-state index is 10.8. The van der Waals surface area contributed by atoms with Gasteiger partial charge < -0.3 is 10.1 Å². The predicted octanol–water partition coefficient (Wildman–Crippen LogP) is 2.63. The molecule has 0 amide bonds. The summed E-state index contributed by atoms with van der Waals surface area (Å²) in [6, 6.07) is 4.65. The van der Waals surface area contributed by atoms with Gasteiger partial charge in [0.15, 0.2) is 5.75 Å². The van der Waals surface area contributed by atoms with Crippen LogP contribution < -0.4 is 10.1 Å². The topological polar surface area (TPSA) is 64.4 Å². The number of hydrogen-bond acceptors (Lipinski definition) is 4. The molecule has 0 fully saturated rings. The maximum absolute atomic E-state index is 10.8. The number of nitro groups is 1. The molecule has 0 spiro atoms. The van der Waals surface area contributed by atoms with Gasteiger partial charge in [-0.05, 0) is 25.1 Å². The lowest BCUT2D eigenvalue weighted by Gasteiger charge is -2.07. The Kier molecular flexibility index (Phi) is 5.72. The highest BCUT2D eigenvalue weighted by atomic mass is 35.5. The first-order valence-electron chi connectivity index (χ1n) is 5.43. The molecule has 5 nitrogen and oxygen atoms in total. The second-order valence-corrected chi connectivity index (χ2v) is 3.85. The first kappa shape index (κ1) is 13.7. The monoisotopic (exact) mass is 258 g/mol. The molecule has 1 N–H and O–H groups in total. The number of ether oxygens (including phenoxy) is 1. The highest BCUT2D eigenvalue weighted by Crippen LogP contribution is 2.33. The molecule has 1 aromatic rings. The minimum Gasteiger partial charge on any atom is -0.485 e. The van der Waals surface area contributed by atoms with Crippen LogP contribution in [0, 0.1) is 10.1 Å². The summed E-state index contributed by atoms with van der Waals surface area (Å²) in [4.78, 5) is 10.3. The van der Waals surface area contributed by atoms with Crippen LogP contribution in [0.5, 0.6) is 5.75 Å². The van der Waals surface area contributed by atoms with Gasteiger partial charge in [-0.3, -0.25) is 10.1 Å². The van der Waals surface area contributed by atoms with Crippen molar-refractivity contribution in [3.05, 3.63) is 33.3 Å². The minimum absolute atomic E-state index is 0.0917. The Morgan fingerprint density at radius 1 is 1.47 bits per heavy atom. The van der Waals surface area contributed by atoms with Gasteiger partial charge in [0, 0.05) is 6.54 Å². The summed E-state index contributed by atoms with van der Waals surface area (Å²) in [5.74, 6) is 0.209. The second kappa shape index (κ2) is 7.09. The molecule has 0 saturated carbocycles. The van der Waals surface area contributed by atoms with Crippen LogP contribution in [-0.2, 0) is 0 Å². The zero-order valence-electron chi connectivity index (χ0n) is 9.61. The van der Waals surface area contributed by atoms with Crippen molar-refractivity contribution < 1.29 is 9.66 Å². The lowest BCUT2D eigenvalue weighted by Crippen LogP contribution is -2.21. The summed E-state index contributed by atoms with van der Waals surface area (Å²) in [6.07, 6.45) is 1.04.